The highest BCUT2D eigenvalue weighted by Gasteiger charge is 2.60. The molecule has 0 saturated carbocycles. The van der Waals surface area contributed by atoms with E-state index in [-0.39, 0.29) is 17.6 Å². The van der Waals surface area contributed by atoms with Gasteiger partial charge in [0.25, 0.3) is 5.91 Å². The van der Waals surface area contributed by atoms with Crippen LogP contribution in [-0.2, 0) is 14.5 Å². The molecule has 0 N–H and O–H groups in total. The summed E-state index contributed by atoms with van der Waals surface area (Å²) >= 11 is 7.60. The summed E-state index contributed by atoms with van der Waals surface area (Å²) in [5.74, 6) is 0.507. The molecule has 0 aromatic heterocycles. The molecule has 5 nitrogen and oxygen atoms in total. The molecule has 25 heavy (non-hydrogen) atoms. The van der Waals surface area contributed by atoms with Crippen molar-refractivity contribution in [1.29, 1.82) is 0 Å². The number of carbonyl (C=O) groups excluding carboxylic acids is 2. The normalized spacial score (nSPS) is 22.0. The Bertz CT molecular complexity index is 904. The number of fused-ring (bicyclic) bond motifs is 2. The summed E-state index contributed by atoms with van der Waals surface area (Å²) in [5.41, 5.74) is 2.23. The quantitative estimate of drug-likeness (QED) is 0.809. The molecule has 4 rings (SSSR count). The molecule has 1 saturated heterocycles. The van der Waals surface area contributed by atoms with Crippen LogP contribution in [0.15, 0.2) is 42.5 Å². The topological polar surface area (TPSA) is 49.9 Å². The molecule has 2 aliphatic rings. The van der Waals surface area contributed by atoms with Gasteiger partial charge in [0.15, 0.2) is 0 Å². The lowest BCUT2D eigenvalue weighted by atomic mass is 10.0. The maximum atomic E-state index is 13.2. The molecule has 1 atom stereocenters. The lowest BCUT2D eigenvalue weighted by Crippen LogP contribution is -2.49. The summed E-state index contributed by atoms with van der Waals surface area (Å²) in [6.07, 6.45) is 0. The average Bonchev–Trinajstić information content (AvgIpc) is 3.07. The van der Waals surface area contributed by atoms with Crippen LogP contribution in [0.5, 0.6) is 5.75 Å². The zero-order valence-corrected chi connectivity index (χ0v) is 15.2. The van der Waals surface area contributed by atoms with Gasteiger partial charge >= 0.3 is 0 Å². The zero-order valence-electron chi connectivity index (χ0n) is 13.7. The highest BCUT2D eigenvalue weighted by molar-refractivity contribution is 8.02. The first-order chi connectivity index (χ1) is 12.0. The Morgan fingerprint density at radius 3 is 2.68 bits per heavy atom. The number of nitrogens with zero attached hydrogens (tertiary/aromatic N) is 2. The van der Waals surface area contributed by atoms with Crippen molar-refractivity contribution in [3.8, 4) is 5.75 Å². The molecule has 2 aliphatic heterocycles. The van der Waals surface area contributed by atoms with Crippen LogP contribution in [0.25, 0.3) is 0 Å². The molecule has 2 aromatic rings. The summed E-state index contributed by atoms with van der Waals surface area (Å²) in [4.78, 5) is 28.0. The first-order valence-corrected chi connectivity index (χ1v) is 9.05. The molecular formula is C18H15ClN2O3S. The fraction of sp³-hybridized carbons (Fsp3) is 0.222. The molecule has 2 amide bonds. The number of halogens is 1. The van der Waals surface area contributed by atoms with Gasteiger partial charge in [-0.2, -0.15) is 0 Å². The van der Waals surface area contributed by atoms with Crippen molar-refractivity contribution in [3.63, 3.8) is 0 Å². The van der Waals surface area contributed by atoms with E-state index in [9.17, 15) is 9.59 Å². The van der Waals surface area contributed by atoms with Crippen molar-refractivity contribution in [2.45, 2.75) is 4.87 Å². The fourth-order valence-electron chi connectivity index (χ4n) is 3.45. The van der Waals surface area contributed by atoms with Crippen LogP contribution in [-0.4, -0.2) is 31.7 Å². The largest absolute Gasteiger partial charge is 0.495 e. The molecule has 1 spiro atoms. The minimum atomic E-state index is -1.08. The number of anilines is 2. The Kier molecular flexibility index (Phi) is 3.70. The molecule has 1 fully saturated rings. The van der Waals surface area contributed by atoms with E-state index in [1.165, 1.54) is 18.9 Å². The van der Waals surface area contributed by atoms with Gasteiger partial charge in [-0.3, -0.25) is 14.5 Å². The highest BCUT2D eigenvalue weighted by Crippen LogP contribution is 2.55. The van der Waals surface area contributed by atoms with Crippen LogP contribution < -0.4 is 14.5 Å². The molecule has 2 aromatic carbocycles. The van der Waals surface area contributed by atoms with Crippen molar-refractivity contribution >= 4 is 46.6 Å². The van der Waals surface area contributed by atoms with Crippen LogP contribution in [0.2, 0.25) is 5.02 Å². The molecular weight excluding hydrogens is 360 g/mol. The van der Waals surface area contributed by atoms with Crippen LogP contribution in [0.4, 0.5) is 11.4 Å². The summed E-state index contributed by atoms with van der Waals surface area (Å²) in [5, 5.41) is 0.395. The first-order valence-electron chi connectivity index (χ1n) is 7.69. The van der Waals surface area contributed by atoms with Crippen molar-refractivity contribution < 1.29 is 14.3 Å². The Morgan fingerprint density at radius 1 is 1.20 bits per heavy atom. The number of amides is 2. The van der Waals surface area contributed by atoms with Gasteiger partial charge in [0.05, 0.1) is 23.6 Å². The van der Waals surface area contributed by atoms with Crippen LogP contribution in [0, 0.1) is 0 Å². The van der Waals surface area contributed by atoms with Gasteiger partial charge in [-0.25, -0.2) is 0 Å². The lowest BCUT2D eigenvalue weighted by molar-refractivity contribution is -0.123. The number of likely N-dealkylation sites (N-methyl/N-ethyl adjacent to an activating group) is 1. The smallest absolute Gasteiger partial charge is 0.268 e. The van der Waals surface area contributed by atoms with Gasteiger partial charge in [-0.15, -0.1) is 11.8 Å². The van der Waals surface area contributed by atoms with E-state index in [2.05, 4.69) is 0 Å². The van der Waals surface area contributed by atoms with E-state index in [1.54, 1.807) is 35.0 Å². The SMILES string of the molecule is COc1ccc(N2C(=O)CS[C@]23C(=O)N(C)c2ccccc23)cc1Cl. The number of hydrogen-bond acceptors (Lipinski definition) is 4. The van der Waals surface area contributed by atoms with Crippen molar-refractivity contribution in [2.75, 3.05) is 29.7 Å². The van der Waals surface area contributed by atoms with E-state index < -0.39 is 4.87 Å². The Balaban J connectivity index is 1.92. The second-order valence-corrected chi connectivity index (χ2v) is 7.44. The summed E-state index contributed by atoms with van der Waals surface area (Å²) in [7, 11) is 3.27. The van der Waals surface area contributed by atoms with Gasteiger partial charge in [0.1, 0.15) is 5.75 Å². The van der Waals surface area contributed by atoms with Crippen LogP contribution in [0.1, 0.15) is 5.56 Å². The number of hydrogen-bond donors (Lipinski definition) is 0. The number of thioether (sulfide) groups is 1. The Hall–Kier alpha value is -2.18. The first kappa shape index (κ1) is 16.3. The minimum absolute atomic E-state index is 0.121. The summed E-state index contributed by atoms with van der Waals surface area (Å²) in [6.45, 7) is 0. The molecule has 2 heterocycles. The third kappa shape index (κ3) is 2.10. The van der Waals surface area contributed by atoms with E-state index in [1.807, 2.05) is 24.3 Å². The van der Waals surface area contributed by atoms with Crippen molar-refractivity contribution in [3.05, 3.63) is 53.1 Å². The number of rotatable bonds is 2. The van der Waals surface area contributed by atoms with E-state index in [0.717, 1.165) is 11.3 Å². The van der Waals surface area contributed by atoms with Gasteiger partial charge < -0.3 is 9.64 Å². The standard InChI is InChI=1S/C18H15ClN2O3S/c1-20-14-6-4-3-5-12(14)18(17(20)23)21(16(22)10-25-18)11-7-8-15(24-2)13(19)9-11/h3-9H,10H2,1-2H3/t18-/m1/s1. The molecule has 0 unspecified atom stereocenters. The Morgan fingerprint density at radius 2 is 1.96 bits per heavy atom. The van der Waals surface area contributed by atoms with Crippen LogP contribution in [0.3, 0.4) is 0 Å². The molecule has 128 valence electrons. The fourth-order valence-corrected chi connectivity index (χ4v) is 5.09. The molecule has 7 heteroatoms. The van der Waals surface area contributed by atoms with E-state index in [0.29, 0.717) is 16.5 Å². The maximum Gasteiger partial charge on any atom is 0.268 e. The molecule has 0 bridgehead atoms. The van der Waals surface area contributed by atoms with Gasteiger partial charge in [0, 0.05) is 18.3 Å². The average molecular weight is 375 g/mol. The van der Waals surface area contributed by atoms with Gasteiger partial charge in [0.2, 0.25) is 10.8 Å². The molecule has 0 aliphatic carbocycles. The summed E-state index contributed by atoms with van der Waals surface area (Å²) in [6, 6.07) is 12.7. The van der Waals surface area contributed by atoms with E-state index in [4.69, 9.17) is 16.3 Å². The van der Waals surface area contributed by atoms with Gasteiger partial charge in [-0.1, -0.05) is 29.8 Å². The monoisotopic (exact) mass is 374 g/mol. The number of para-hydroxylation sites is 1. The van der Waals surface area contributed by atoms with Crippen molar-refractivity contribution in [2.24, 2.45) is 0 Å². The predicted molar refractivity (Wildman–Crippen MR) is 99.5 cm³/mol. The third-order valence-electron chi connectivity index (χ3n) is 4.59. The Labute approximate surface area is 154 Å². The summed E-state index contributed by atoms with van der Waals surface area (Å²) < 4.78 is 5.19. The van der Waals surface area contributed by atoms with Crippen LogP contribution >= 0.6 is 23.4 Å². The third-order valence-corrected chi connectivity index (χ3v) is 6.27. The minimum Gasteiger partial charge on any atom is -0.495 e. The second kappa shape index (κ2) is 5.68. The number of methoxy groups -OCH3 is 1. The zero-order chi connectivity index (χ0) is 17.8. The number of benzene rings is 2. The molecule has 0 radical (unpaired) electrons. The second-order valence-electron chi connectivity index (χ2n) is 5.86. The van der Waals surface area contributed by atoms with Crippen molar-refractivity contribution in [1.82, 2.24) is 0 Å². The van der Waals surface area contributed by atoms with E-state index >= 15 is 0 Å². The van der Waals surface area contributed by atoms with Gasteiger partial charge in [-0.05, 0) is 24.3 Å². The highest BCUT2D eigenvalue weighted by atomic mass is 35.5. The number of ether oxygens (including phenoxy) is 1. The lowest BCUT2D eigenvalue weighted by Gasteiger charge is -2.33. The maximum absolute atomic E-state index is 13.2. The number of carbonyl (C=O) groups is 2. The predicted octanol–water partition coefficient (Wildman–Crippen LogP) is 3.26.